The number of halogens is 3. The van der Waals surface area contributed by atoms with E-state index >= 15 is 0 Å². The smallest absolute Gasteiger partial charge is 0.389 e. The molecular formula is C13H25F3O4Si. The van der Waals surface area contributed by atoms with E-state index in [0.29, 0.717) is 38.7 Å². The summed E-state index contributed by atoms with van der Waals surface area (Å²) in [6.07, 6.45) is -3.90. The summed E-state index contributed by atoms with van der Waals surface area (Å²) in [7, 11) is -2.97. The molecule has 0 radical (unpaired) electrons. The molecule has 0 aliphatic carbocycles. The summed E-state index contributed by atoms with van der Waals surface area (Å²) in [6.45, 7) is 6.45. The minimum Gasteiger partial charge on any atom is -0.394 e. The molecule has 0 spiro atoms. The molecule has 0 saturated carbocycles. The SMILES string of the molecule is CCOC1(OCC)CCC[Si](CCC(F)(F)F)(OCC)O1. The Morgan fingerprint density at radius 3 is 2.19 bits per heavy atom. The average molecular weight is 330 g/mol. The van der Waals surface area contributed by atoms with Gasteiger partial charge in [-0.25, -0.2) is 0 Å². The van der Waals surface area contributed by atoms with Crippen molar-refractivity contribution in [2.75, 3.05) is 19.8 Å². The minimum atomic E-state index is -4.21. The third kappa shape index (κ3) is 5.86. The van der Waals surface area contributed by atoms with Crippen LogP contribution in [-0.4, -0.2) is 40.5 Å². The Labute approximate surface area is 125 Å². The van der Waals surface area contributed by atoms with Crippen molar-refractivity contribution in [1.82, 2.24) is 0 Å². The van der Waals surface area contributed by atoms with Gasteiger partial charge in [-0.05, 0) is 39.3 Å². The van der Waals surface area contributed by atoms with Crippen molar-refractivity contribution in [3.8, 4) is 0 Å². The number of hydrogen-bond donors (Lipinski definition) is 0. The molecule has 0 aromatic carbocycles. The van der Waals surface area contributed by atoms with Crippen LogP contribution in [0.2, 0.25) is 12.1 Å². The van der Waals surface area contributed by atoms with E-state index in [-0.39, 0.29) is 6.04 Å². The molecule has 1 rings (SSSR count). The molecule has 4 nitrogen and oxygen atoms in total. The van der Waals surface area contributed by atoms with Gasteiger partial charge in [-0.15, -0.1) is 0 Å². The van der Waals surface area contributed by atoms with E-state index in [0.717, 1.165) is 0 Å². The highest BCUT2D eigenvalue weighted by molar-refractivity contribution is 6.67. The van der Waals surface area contributed by atoms with Gasteiger partial charge in [0.2, 0.25) is 0 Å². The van der Waals surface area contributed by atoms with Gasteiger partial charge < -0.3 is 18.3 Å². The zero-order chi connectivity index (χ0) is 16.0. The highest BCUT2D eigenvalue weighted by Gasteiger charge is 2.52. The summed E-state index contributed by atoms with van der Waals surface area (Å²) in [6, 6.07) is 0.422. The molecule has 1 saturated heterocycles. The highest BCUT2D eigenvalue weighted by Crippen LogP contribution is 2.40. The second-order valence-corrected chi connectivity index (χ2v) is 8.28. The van der Waals surface area contributed by atoms with Gasteiger partial charge in [-0.1, -0.05) is 0 Å². The molecule has 8 heteroatoms. The van der Waals surface area contributed by atoms with Crippen molar-refractivity contribution >= 4 is 8.56 Å². The monoisotopic (exact) mass is 330 g/mol. The maximum absolute atomic E-state index is 12.6. The Bertz CT molecular complexity index is 299. The standard InChI is InChI=1S/C13H25F3O4Si/c1-4-17-13(18-5-2)8-7-10-21(20-13,19-6-3)11-9-12(14,15)16/h4-11H2,1-3H3. The Morgan fingerprint density at radius 1 is 1.10 bits per heavy atom. The summed E-state index contributed by atoms with van der Waals surface area (Å²) in [5.74, 6) is -1.24. The first kappa shape index (κ1) is 18.9. The van der Waals surface area contributed by atoms with Crippen molar-refractivity contribution in [3.63, 3.8) is 0 Å². The lowest BCUT2D eigenvalue weighted by Crippen LogP contribution is -2.56. The van der Waals surface area contributed by atoms with Gasteiger partial charge >= 0.3 is 14.7 Å². The minimum absolute atomic E-state index is 0.119. The fraction of sp³-hybridized carbons (Fsp3) is 1.00. The molecule has 1 atom stereocenters. The van der Waals surface area contributed by atoms with Gasteiger partial charge in [0.15, 0.2) is 0 Å². The first-order chi connectivity index (χ1) is 9.80. The number of ether oxygens (including phenoxy) is 2. The Hall–Kier alpha value is -0.153. The van der Waals surface area contributed by atoms with E-state index in [2.05, 4.69) is 0 Å². The second-order valence-electron chi connectivity index (χ2n) is 4.96. The van der Waals surface area contributed by atoms with E-state index in [4.69, 9.17) is 18.3 Å². The lowest BCUT2D eigenvalue weighted by atomic mass is 10.3. The Morgan fingerprint density at radius 2 is 1.71 bits per heavy atom. The van der Waals surface area contributed by atoms with Crippen LogP contribution in [0.5, 0.6) is 0 Å². The molecule has 0 N–H and O–H groups in total. The third-order valence-electron chi connectivity index (χ3n) is 3.31. The topological polar surface area (TPSA) is 36.9 Å². The van der Waals surface area contributed by atoms with Crippen molar-refractivity contribution in [3.05, 3.63) is 0 Å². The Balaban J connectivity index is 2.85. The molecule has 1 fully saturated rings. The van der Waals surface area contributed by atoms with Crippen LogP contribution in [0.1, 0.15) is 40.0 Å². The molecule has 0 bridgehead atoms. The van der Waals surface area contributed by atoms with E-state index in [1.807, 2.05) is 0 Å². The lowest BCUT2D eigenvalue weighted by Gasteiger charge is -2.45. The Kier molecular flexibility index (Phi) is 7.12. The number of hydrogen-bond acceptors (Lipinski definition) is 4. The maximum atomic E-state index is 12.6. The van der Waals surface area contributed by atoms with Crippen LogP contribution >= 0.6 is 0 Å². The van der Waals surface area contributed by atoms with Crippen LogP contribution in [0.3, 0.4) is 0 Å². The molecular weight excluding hydrogens is 305 g/mol. The van der Waals surface area contributed by atoms with Crippen molar-refractivity contribution < 1.29 is 31.5 Å². The van der Waals surface area contributed by atoms with Crippen LogP contribution in [-0.2, 0) is 18.3 Å². The molecule has 1 aliphatic rings. The summed E-state index contributed by atoms with van der Waals surface area (Å²) < 4.78 is 60.4. The second kappa shape index (κ2) is 7.91. The molecule has 1 unspecified atom stereocenters. The first-order valence-corrected chi connectivity index (χ1v) is 9.72. The summed E-state index contributed by atoms with van der Waals surface area (Å²) in [5, 5.41) is 0. The van der Waals surface area contributed by atoms with Crippen LogP contribution in [0.4, 0.5) is 13.2 Å². The number of rotatable bonds is 8. The predicted molar refractivity (Wildman–Crippen MR) is 74.0 cm³/mol. The molecule has 0 amide bonds. The fourth-order valence-electron chi connectivity index (χ4n) is 2.59. The molecule has 126 valence electrons. The molecule has 0 aromatic rings. The maximum Gasteiger partial charge on any atom is 0.389 e. The zero-order valence-corrected chi connectivity index (χ0v) is 13.9. The van der Waals surface area contributed by atoms with Gasteiger partial charge in [0.05, 0.1) is 0 Å². The number of alkyl halides is 3. The normalized spacial score (nSPS) is 26.0. The molecule has 0 aromatic heterocycles. The van der Waals surface area contributed by atoms with Gasteiger partial charge in [0, 0.05) is 32.7 Å². The molecule has 21 heavy (non-hydrogen) atoms. The van der Waals surface area contributed by atoms with Crippen molar-refractivity contribution in [2.45, 2.75) is 64.3 Å². The van der Waals surface area contributed by atoms with E-state index in [1.54, 1.807) is 20.8 Å². The van der Waals surface area contributed by atoms with Crippen LogP contribution in [0.15, 0.2) is 0 Å². The van der Waals surface area contributed by atoms with E-state index < -0.39 is 27.1 Å². The van der Waals surface area contributed by atoms with Crippen LogP contribution in [0, 0.1) is 0 Å². The third-order valence-corrected chi connectivity index (χ3v) is 6.93. The summed E-state index contributed by atoms with van der Waals surface area (Å²) in [5.41, 5.74) is 0. The van der Waals surface area contributed by atoms with Gasteiger partial charge in [-0.3, -0.25) is 0 Å². The van der Waals surface area contributed by atoms with Gasteiger partial charge in [-0.2, -0.15) is 13.2 Å². The predicted octanol–water partition coefficient (Wildman–Crippen LogP) is 3.95. The average Bonchev–Trinajstić information content (AvgIpc) is 2.37. The summed E-state index contributed by atoms with van der Waals surface area (Å²) >= 11 is 0. The first-order valence-electron chi connectivity index (χ1n) is 7.49. The van der Waals surface area contributed by atoms with E-state index in [1.165, 1.54) is 0 Å². The largest absolute Gasteiger partial charge is 0.394 e. The van der Waals surface area contributed by atoms with Crippen LogP contribution < -0.4 is 0 Å². The molecule has 1 heterocycles. The highest BCUT2D eigenvalue weighted by atomic mass is 28.4. The molecule has 1 aliphatic heterocycles. The van der Waals surface area contributed by atoms with Gasteiger partial charge in [0.1, 0.15) is 0 Å². The zero-order valence-electron chi connectivity index (χ0n) is 12.9. The van der Waals surface area contributed by atoms with Crippen LogP contribution in [0.25, 0.3) is 0 Å². The lowest BCUT2D eigenvalue weighted by molar-refractivity contribution is -0.359. The van der Waals surface area contributed by atoms with Crippen molar-refractivity contribution in [2.24, 2.45) is 0 Å². The summed E-state index contributed by atoms with van der Waals surface area (Å²) in [4.78, 5) is 0. The van der Waals surface area contributed by atoms with Crippen molar-refractivity contribution in [1.29, 1.82) is 0 Å². The quantitative estimate of drug-likeness (QED) is 0.499. The van der Waals surface area contributed by atoms with Gasteiger partial charge in [0.25, 0.3) is 5.97 Å². The fourth-order valence-corrected chi connectivity index (χ4v) is 6.08. The van der Waals surface area contributed by atoms with E-state index in [9.17, 15) is 13.2 Å².